The quantitative estimate of drug-likeness (QED) is 0.524. The van der Waals surface area contributed by atoms with Gasteiger partial charge in [-0.3, -0.25) is 4.79 Å². The van der Waals surface area contributed by atoms with Crippen LogP contribution in [0.15, 0.2) is 47.4 Å². The van der Waals surface area contributed by atoms with Crippen molar-refractivity contribution in [2.45, 2.75) is 31.1 Å². The molecule has 0 saturated carbocycles. The van der Waals surface area contributed by atoms with Crippen molar-refractivity contribution in [2.24, 2.45) is 11.1 Å². The van der Waals surface area contributed by atoms with E-state index in [-0.39, 0.29) is 10.6 Å². The molecule has 2 aromatic carbocycles. The number of nitrogens with one attached hydrogen (secondary N) is 2. The SMILES string of the molecule is CC1CCc2[nH]c3ccc(C(=O)OCC(=O)Nc4cccc(S(N)(=O)=O)c4)cc3c2C1. The fourth-order valence-electron chi connectivity index (χ4n) is 3.88. The maximum absolute atomic E-state index is 12.5. The molecule has 1 heterocycles. The minimum Gasteiger partial charge on any atom is -0.452 e. The van der Waals surface area contributed by atoms with E-state index in [0.717, 1.165) is 30.2 Å². The highest BCUT2D eigenvalue weighted by Gasteiger charge is 2.21. The lowest BCUT2D eigenvalue weighted by Crippen LogP contribution is -2.21. The molecule has 0 saturated heterocycles. The van der Waals surface area contributed by atoms with Crippen molar-refractivity contribution in [2.75, 3.05) is 11.9 Å². The summed E-state index contributed by atoms with van der Waals surface area (Å²) in [5.41, 5.74) is 4.07. The Labute approximate surface area is 179 Å². The van der Waals surface area contributed by atoms with Gasteiger partial charge >= 0.3 is 5.97 Å². The number of sulfonamides is 1. The number of hydrogen-bond acceptors (Lipinski definition) is 5. The number of primary sulfonamides is 1. The van der Waals surface area contributed by atoms with Crippen LogP contribution in [0.5, 0.6) is 0 Å². The van der Waals surface area contributed by atoms with E-state index in [4.69, 9.17) is 9.88 Å². The number of amides is 1. The van der Waals surface area contributed by atoms with Crippen LogP contribution in [0.2, 0.25) is 0 Å². The van der Waals surface area contributed by atoms with E-state index in [0.29, 0.717) is 11.5 Å². The Morgan fingerprint density at radius 3 is 2.81 bits per heavy atom. The molecule has 1 unspecified atom stereocenters. The van der Waals surface area contributed by atoms with E-state index in [1.165, 1.54) is 35.5 Å². The van der Waals surface area contributed by atoms with Gasteiger partial charge in [-0.2, -0.15) is 0 Å². The van der Waals surface area contributed by atoms with Crippen molar-refractivity contribution >= 4 is 38.5 Å². The number of benzene rings is 2. The molecule has 1 aliphatic rings. The number of carbonyl (C=O) groups excluding carboxylic acids is 2. The van der Waals surface area contributed by atoms with Crippen LogP contribution in [-0.4, -0.2) is 31.9 Å². The van der Waals surface area contributed by atoms with Crippen molar-refractivity contribution in [3.8, 4) is 0 Å². The van der Waals surface area contributed by atoms with Gasteiger partial charge in [0.15, 0.2) is 6.61 Å². The average molecular weight is 442 g/mol. The Morgan fingerprint density at radius 1 is 1.23 bits per heavy atom. The van der Waals surface area contributed by atoms with Gasteiger partial charge in [0.05, 0.1) is 10.5 Å². The monoisotopic (exact) mass is 441 g/mol. The number of fused-ring (bicyclic) bond motifs is 3. The first kappa shape index (κ1) is 21.1. The van der Waals surface area contributed by atoms with Gasteiger partial charge in [-0.05, 0) is 67.1 Å². The third kappa shape index (κ3) is 4.62. The molecule has 4 rings (SSSR count). The summed E-state index contributed by atoms with van der Waals surface area (Å²) in [6.45, 7) is 1.72. The normalized spacial score (nSPS) is 16.0. The molecule has 1 atom stereocenters. The number of nitrogens with two attached hydrogens (primary N) is 1. The smallest absolute Gasteiger partial charge is 0.338 e. The van der Waals surface area contributed by atoms with Crippen LogP contribution in [0.1, 0.15) is 35.0 Å². The summed E-state index contributed by atoms with van der Waals surface area (Å²) >= 11 is 0. The zero-order valence-electron chi connectivity index (χ0n) is 17.0. The van der Waals surface area contributed by atoms with Crippen LogP contribution in [0.25, 0.3) is 10.9 Å². The summed E-state index contributed by atoms with van der Waals surface area (Å²) in [7, 11) is -3.89. The van der Waals surface area contributed by atoms with Crippen LogP contribution in [0, 0.1) is 5.92 Å². The maximum atomic E-state index is 12.5. The van der Waals surface area contributed by atoms with Crippen LogP contribution >= 0.6 is 0 Å². The number of aromatic amines is 1. The van der Waals surface area contributed by atoms with Crippen molar-refractivity contribution in [3.05, 3.63) is 59.3 Å². The van der Waals surface area contributed by atoms with Crippen LogP contribution in [0.4, 0.5) is 5.69 Å². The summed E-state index contributed by atoms with van der Waals surface area (Å²) in [6, 6.07) is 10.9. The number of rotatable bonds is 5. The minimum atomic E-state index is -3.89. The molecule has 9 heteroatoms. The van der Waals surface area contributed by atoms with Gasteiger partial charge < -0.3 is 15.0 Å². The summed E-state index contributed by atoms with van der Waals surface area (Å²) in [6.07, 6.45) is 3.11. The van der Waals surface area contributed by atoms with E-state index in [2.05, 4.69) is 17.2 Å². The highest BCUT2D eigenvalue weighted by Crippen LogP contribution is 2.32. The third-order valence-corrected chi connectivity index (χ3v) is 6.36. The molecular weight excluding hydrogens is 418 g/mol. The second-order valence-corrected chi connectivity index (χ2v) is 9.45. The first-order chi connectivity index (χ1) is 14.7. The largest absolute Gasteiger partial charge is 0.452 e. The number of hydrogen-bond donors (Lipinski definition) is 3. The Hall–Kier alpha value is -3.17. The Balaban J connectivity index is 1.42. The molecule has 162 valence electrons. The van der Waals surface area contributed by atoms with Gasteiger partial charge in [0.25, 0.3) is 5.91 Å². The van der Waals surface area contributed by atoms with Crippen molar-refractivity contribution in [3.63, 3.8) is 0 Å². The molecule has 8 nitrogen and oxygen atoms in total. The zero-order valence-corrected chi connectivity index (χ0v) is 17.8. The number of esters is 1. The van der Waals surface area contributed by atoms with Crippen molar-refractivity contribution < 1.29 is 22.7 Å². The molecule has 0 fully saturated rings. The summed E-state index contributed by atoms with van der Waals surface area (Å²) in [5.74, 6) is -0.596. The highest BCUT2D eigenvalue weighted by molar-refractivity contribution is 7.89. The number of anilines is 1. The second kappa shape index (κ2) is 8.16. The standard InChI is InChI=1S/C22H23N3O5S/c1-13-5-7-19-17(9-13)18-10-14(6-8-20(18)25-19)22(27)30-12-21(26)24-15-3-2-4-16(11-15)31(23,28)29/h2-4,6,8,10-11,13,25H,5,7,9,12H2,1H3,(H,24,26)(H2,23,28,29). The molecule has 1 amide bonds. The predicted octanol–water partition coefficient (Wildman–Crippen LogP) is 2.74. The molecule has 1 aromatic heterocycles. The average Bonchev–Trinajstić information content (AvgIpc) is 3.08. The topological polar surface area (TPSA) is 131 Å². The molecule has 0 spiro atoms. The van der Waals surface area contributed by atoms with Crippen LogP contribution < -0.4 is 10.5 Å². The molecule has 31 heavy (non-hydrogen) atoms. The van der Waals surface area contributed by atoms with Gasteiger partial charge in [-0.1, -0.05) is 13.0 Å². The second-order valence-electron chi connectivity index (χ2n) is 7.89. The molecule has 0 aliphatic heterocycles. The van der Waals surface area contributed by atoms with Gasteiger partial charge in [-0.25, -0.2) is 18.4 Å². The molecule has 4 N–H and O–H groups in total. The number of aryl methyl sites for hydroxylation is 1. The Bertz CT molecular complexity index is 1280. The van der Waals surface area contributed by atoms with Gasteiger partial charge in [0, 0.05) is 22.3 Å². The molecular formula is C22H23N3O5S. The number of H-pyrrole nitrogens is 1. The lowest BCUT2D eigenvalue weighted by molar-refractivity contribution is -0.119. The Morgan fingerprint density at radius 2 is 2.03 bits per heavy atom. The van der Waals surface area contributed by atoms with E-state index >= 15 is 0 Å². The van der Waals surface area contributed by atoms with Crippen LogP contribution in [0.3, 0.4) is 0 Å². The zero-order chi connectivity index (χ0) is 22.2. The summed E-state index contributed by atoms with van der Waals surface area (Å²) in [5, 5.41) is 8.59. The Kier molecular flexibility index (Phi) is 5.55. The summed E-state index contributed by atoms with van der Waals surface area (Å²) < 4.78 is 28.0. The summed E-state index contributed by atoms with van der Waals surface area (Å²) in [4.78, 5) is 27.9. The van der Waals surface area contributed by atoms with Gasteiger partial charge in [-0.15, -0.1) is 0 Å². The molecule has 0 bridgehead atoms. The fourth-order valence-corrected chi connectivity index (χ4v) is 4.44. The van der Waals surface area contributed by atoms with Crippen LogP contribution in [-0.2, 0) is 32.4 Å². The third-order valence-electron chi connectivity index (χ3n) is 5.45. The van der Waals surface area contributed by atoms with Gasteiger partial charge in [0.1, 0.15) is 0 Å². The number of aromatic nitrogens is 1. The van der Waals surface area contributed by atoms with Crippen molar-refractivity contribution in [1.82, 2.24) is 4.98 Å². The van der Waals surface area contributed by atoms with Crippen molar-refractivity contribution in [1.29, 1.82) is 0 Å². The predicted molar refractivity (Wildman–Crippen MR) is 116 cm³/mol. The lowest BCUT2D eigenvalue weighted by atomic mass is 9.87. The molecule has 1 aliphatic carbocycles. The van der Waals surface area contributed by atoms with E-state index in [1.54, 1.807) is 12.1 Å². The molecule has 0 radical (unpaired) electrons. The lowest BCUT2D eigenvalue weighted by Gasteiger charge is -2.18. The van der Waals surface area contributed by atoms with E-state index < -0.39 is 28.5 Å². The highest BCUT2D eigenvalue weighted by atomic mass is 32.2. The number of carbonyl (C=O) groups is 2. The number of ether oxygens (including phenoxy) is 1. The van der Waals surface area contributed by atoms with E-state index in [9.17, 15) is 18.0 Å². The molecule has 3 aromatic rings. The first-order valence-corrected chi connectivity index (χ1v) is 11.5. The first-order valence-electron chi connectivity index (χ1n) is 9.94. The minimum absolute atomic E-state index is 0.125. The van der Waals surface area contributed by atoms with E-state index in [1.807, 2.05) is 6.07 Å². The van der Waals surface area contributed by atoms with Gasteiger partial charge in [0.2, 0.25) is 10.0 Å². The fraction of sp³-hybridized carbons (Fsp3) is 0.273. The maximum Gasteiger partial charge on any atom is 0.338 e.